The zero-order valence-corrected chi connectivity index (χ0v) is 77.1. The number of benzene rings is 20. The van der Waals surface area contributed by atoms with Crippen LogP contribution in [-0.4, -0.2) is 0 Å². The van der Waals surface area contributed by atoms with Crippen molar-refractivity contribution in [1.29, 1.82) is 0 Å². The van der Waals surface area contributed by atoms with Crippen LogP contribution in [0.1, 0.15) is 0 Å². The van der Waals surface area contributed by atoms with Crippen molar-refractivity contribution in [3.63, 3.8) is 0 Å². The van der Waals surface area contributed by atoms with Crippen LogP contribution in [0, 0.1) is 0 Å². The summed E-state index contributed by atoms with van der Waals surface area (Å²) in [4.78, 5) is 0. The minimum atomic E-state index is 1.10. The van der Waals surface area contributed by atoms with Gasteiger partial charge in [0.05, 0.1) is 0 Å². The standard InChI is InChI=1S/C28H17BrS.C26H15BrS.C22H13BrS.2C18H11BrS/c29-23-9-4-8-21(16-23)19-6-3-7-20(15-19)22-12-14-27-26(17-22)25-13-11-18-5-1-2-10-24(18)28(25)30-27;27-18-12-9-16(10-13-18)17-11-14-24-23(15-17)25-21-7-3-1-5-19(21)20-6-2-4-8-22(20)26(25)28-24;23-17-9-5-14(6-10-17)16-8-11-20-19(13-16)22-18-4-2-1-3-15(18)7-12-21(22)24-20;19-14-5-3-4-12(10-14)13-8-9-18-16(11-13)15-6-1-2-7-17(15)20-18;19-13-10-8-12(9-11-13)14-5-3-6-16-15-4-1-2-7-17(15)20-18(14)16/h1-17H;1-15H;1-13H;2*1-11H. The van der Waals surface area contributed by atoms with E-state index in [0.717, 1.165) is 22.4 Å². The van der Waals surface area contributed by atoms with Crippen LogP contribution in [0.4, 0.5) is 0 Å². The molecule has 0 amide bonds. The van der Waals surface area contributed by atoms with Gasteiger partial charge in [-0.05, 0) is 238 Å². The molecular formula is C112H67Br5S5. The average Bonchev–Trinajstić information content (AvgIpc) is 1.54. The van der Waals surface area contributed by atoms with Crippen molar-refractivity contribution in [3.05, 3.63) is 429 Å². The minimum absolute atomic E-state index is 1.10. The molecule has 0 bridgehead atoms. The van der Waals surface area contributed by atoms with E-state index < -0.39 is 0 Å². The van der Waals surface area contributed by atoms with Gasteiger partial charge in [-0.3, -0.25) is 0 Å². The third kappa shape index (κ3) is 15.4. The van der Waals surface area contributed by atoms with Crippen LogP contribution in [0.25, 0.3) is 211 Å². The molecule has 0 nitrogen and oxygen atoms in total. The summed E-state index contributed by atoms with van der Waals surface area (Å²) in [6.45, 7) is 0. The highest BCUT2D eigenvalue weighted by atomic mass is 79.9. The summed E-state index contributed by atoms with van der Waals surface area (Å²) in [6.07, 6.45) is 0. The zero-order chi connectivity index (χ0) is 81.9. The summed E-state index contributed by atoms with van der Waals surface area (Å²) >= 11 is 27.1. The lowest BCUT2D eigenvalue weighted by molar-refractivity contribution is 1.58. The predicted molar refractivity (Wildman–Crippen MR) is 558 cm³/mol. The molecule has 10 heteroatoms. The van der Waals surface area contributed by atoms with Gasteiger partial charge in [-0.2, -0.15) is 0 Å². The average molecular weight is 1970 g/mol. The SMILES string of the molecule is Brc1ccc(-c2ccc3sc4c5ccccc5c5ccccc5c4c3c2)cc1.Brc1ccc(-c2ccc3sc4ccc5ccccc5c4c3c2)cc1.Brc1ccc(-c2cccc3c2sc2ccccc23)cc1.Brc1cccc(-c2ccc3sc4ccccc4c3c2)c1.Brc1cccc(-c2cccc(-c3ccc4sc5c6ccccc6ccc5c4c3)c2)c1. The Bertz CT molecular complexity index is 8340. The summed E-state index contributed by atoms with van der Waals surface area (Å²) in [6, 6.07) is 146. The Balaban J connectivity index is 0.0000000948. The molecule has 5 heterocycles. The van der Waals surface area contributed by atoms with E-state index in [0.29, 0.717) is 0 Å². The number of fused-ring (bicyclic) bond motifs is 24. The van der Waals surface area contributed by atoms with E-state index in [9.17, 15) is 0 Å². The maximum atomic E-state index is 3.59. The Morgan fingerprint density at radius 3 is 1.06 bits per heavy atom. The molecule has 0 N–H and O–H groups in total. The van der Waals surface area contributed by atoms with Crippen molar-refractivity contribution in [2.24, 2.45) is 0 Å². The highest BCUT2D eigenvalue weighted by molar-refractivity contribution is 9.11. The van der Waals surface area contributed by atoms with Gasteiger partial charge >= 0.3 is 0 Å². The Morgan fingerprint density at radius 2 is 0.467 bits per heavy atom. The Hall–Kier alpha value is -11.1. The van der Waals surface area contributed by atoms with Gasteiger partial charge in [0.2, 0.25) is 0 Å². The third-order valence-electron chi connectivity index (χ3n) is 22.9. The lowest BCUT2D eigenvalue weighted by Crippen LogP contribution is -1.82. The number of hydrogen-bond acceptors (Lipinski definition) is 5. The Kier molecular flexibility index (Phi) is 21.8. The van der Waals surface area contributed by atoms with E-state index in [2.05, 4.69) is 486 Å². The second-order valence-electron chi connectivity index (χ2n) is 30.3. The number of thiophene rings is 5. The predicted octanol–water partition coefficient (Wildman–Crippen LogP) is 38.7. The van der Waals surface area contributed by atoms with E-state index in [1.54, 1.807) is 0 Å². The Morgan fingerprint density at radius 1 is 0.139 bits per heavy atom. The van der Waals surface area contributed by atoms with E-state index >= 15 is 0 Å². The third-order valence-corrected chi connectivity index (χ3v) is 31.4. The van der Waals surface area contributed by atoms with Gasteiger partial charge in [-0.1, -0.05) is 353 Å². The molecule has 25 rings (SSSR count). The van der Waals surface area contributed by atoms with Crippen molar-refractivity contribution in [2.75, 3.05) is 0 Å². The van der Waals surface area contributed by atoms with Gasteiger partial charge in [-0.25, -0.2) is 0 Å². The first-order valence-corrected chi connectivity index (χ1v) is 48.2. The van der Waals surface area contributed by atoms with E-state index in [1.165, 1.54) is 211 Å². The molecule has 580 valence electrons. The highest BCUT2D eigenvalue weighted by Crippen LogP contribution is 2.48. The van der Waals surface area contributed by atoms with Crippen LogP contribution in [0.5, 0.6) is 0 Å². The van der Waals surface area contributed by atoms with Gasteiger partial charge < -0.3 is 0 Å². The summed E-state index contributed by atoms with van der Waals surface area (Å²) in [5.74, 6) is 0. The quantitative estimate of drug-likeness (QED) is 0.146. The van der Waals surface area contributed by atoms with Crippen molar-refractivity contribution in [2.45, 2.75) is 0 Å². The largest absolute Gasteiger partial charge is 0.135 e. The molecular weight excluding hydrogens is 1910 g/mol. The van der Waals surface area contributed by atoms with Crippen molar-refractivity contribution >= 4 is 280 Å². The fourth-order valence-corrected chi connectivity index (χ4v) is 24.5. The topological polar surface area (TPSA) is 0 Å². The molecule has 0 atom stereocenters. The van der Waals surface area contributed by atoms with Crippen molar-refractivity contribution in [3.8, 4) is 66.8 Å². The molecule has 0 spiro atoms. The fourth-order valence-electron chi connectivity index (χ4n) is 17.0. The maximum absolute atomic E-state index is 3.59. The molecule has 0 saturated carbocycles. The minimum Gasteiger partial charge on any atom is -0.135 e. The van der Waals surface area contributed by atoms with E-state index in [4.69, 9.17) is 0 Å². The molecule has 0 fully saturated rings. The van der Waals surface area contributed by atoms with Crippen molar-refractivity contribution in [1.82, 2.24) is 0 Å². The first-order chi connectivity index (χ1) is 60.0. The number of hydrogen-bond donors (Lipinski definition) is 0. The molecule has 0 aliphatic carbocycles. The second-order valence-corrected chi connectivity index (χ2v) is 40.2. The van der Waals surface area contributed by atoms with Crippen LogP contribution < -0.4 is 0 Å². The van der Waals surface area contributed by atoms with Gasteiger partial charge in [0.15, 0.2) is 0 Å². The van der Waals surface area contributed by atoms with Gasteiger partial charge in [0, 0.05) is 129 Å². The van der Waals surface area contributed by atoms with Gasteiger partial charge in [-0.15, -0.1) is 56.7 Å². The molecule has 0 radical (unpaired) electrons. The molecule has 0 aliphatic rings. The van der Waals surface area contributed by atoms with E-state index in [1.807, 2.05) is 56.7 Å². The molecule has 122 heavy (non-hydrogen) atoms. The van der Waals surface area contributed by atoms with Crippen LogP contribution in [0.15, 0.2) is 429 Å². The molecule has 0 unspecified atom stereocenters. The number of halogens is 5. The smallest absolute Gasteiger partial charge is 0.0440 e. The van der Waals surface area contributed by atoms with Crippen LogP contribution in [-0.2, 0) is 0 Å². The second kappa shape index (κ2) is 34.0. The lowest BCUT2D eigenvalue weighted by Gasteiger charge is -2.07. The van der Waals surface area contributed by atoms with Crippen LogP contribution in [0.2, 0.25) is 0 Å². The lowest BCUT2D eigenvalue weighted by atomic mass is 9.96. The fraction of sp³-hybridized carbons (Fsp3) is 0. The molecule has 5 aromatic heterocycles. The van der Waals surface area contributed by atoms with Gasteiger partial charge in [0.25, 0.3) is 0 Å². The molecule has 20 aromatic carbocycles. The van der Waals surface area contributed by atoms with Gasteiger partial charge in [0.1, 0.15) is 0 Å². The van der Waals surface area contributed by atoms with Crippen molar-refractivity contribution < 1.29 is 0 Å². The zero-order valence-electron chi connectivity index (χ0n) is 65.1. The first kappa shape index (κ1) is 78.2. The first-order valence-electron chi connectivity index (χ1n) is 40.1. The maximum Gasteiger partial charge on any atom is 0.0440 e. The summed E-state index contributed by atoms with van der Waals surface area (Å²) in [5.41, 5.74) is 15.1. The monoisotopic (exact) mass is 1970 g/mol. The summed E-state index contributed by atoms with van der Waals surface area (Å²) in [7, 11) is 0. The highest BCUT2D eigenvalue weighted by Gasteiger charge is 2.18. The summed E-state index contributed by atoms with van der Waals surface area (Å²) < 4.78 is 19.1. The molecule has 0 aliphatic heterocycles. The van der Waals surface area contributed by atoms with Crippen LogP contribution in [0.3, 0.4) is 0 Å². The van der Waals surface area contributed by atoms with E-state index in [-0.39, 0.29) is 0 Å². The molecule has 25 aromatic rings. The number of rotatable bonds is 6. The Labute approximate surface area is 767 Å². The molecule has 0 saturated heterocycles. The normalized spacial score (nSPS) is 11.5. The summed E-state index contributed by atoms with van der Waals surface area (Å²) in [5, 5.41) is 24.2. The van der Waals surface area contributed by atoms with Crippen LogP contribution >= 0.6 is 136 Å².